The summed E-state index contributed by atoms with van der Waals surface area (Å²) in [5, 5.41) is 22.3. The summed E-state index contributed by atoms with van der Waals surface area (Å²) in [6.45, 7) is 0.284. The van der Waals surface area contributed by atoms with Crippen LogP contribution in [0.25, 0.3) is 11.0 Å². The van der Waals surface area contributed by atoms with Crippen molar-refractivity contribution in [2.24, 2.45) is 0 Å². The average Bonchev–Trinajstić information content (AvgIpc) is 3.31. The number of benzene rings is 2. The van der Waals surface area contributed by atoms with E-state index in [-0.39, 0.29) is 30.2 Å². The number of methoxy groups -OCH3 is 1. The molecule has 1 aliphatic rings. The molecule has 9 heteroatoms. The summed E-state index contributed by atoms with van der Waals surface area (Å²) in [7, 11) is 1.47. The Morgan fingerprint density at radius 3 is 2.58 bits per heavy atom. The molecule has 0 saturated heterocycles. The van der Waals surface area contributed by atoms with Gasteiger partial charge in [-0.25, -0.2) is 0 Å². The molecule has 0 fully saturated rings. The molecule has 1 unspecified atom stereocenters. The fourth-order valence-electron chi connectivity index (χ4n) is 3.66. The maximum atomic E-state index is 13.3. The van der Waals surface area contributed by atoms with Crippen molar-refractivity contribution >= 4 is 28.3 Å². The number of non-ortho nitro benzene ring substituents is 1. The first-order valence-corrected chi connectivity index (χ1v) is 9.43. The van der Waals surface area contributed by atoms with Gasteiger partial charge < -0.3 is 19.2 Å². The average molecular weight is 422 g/mol. The molecule has 2 heterocycles. The van der Waals surface area contributed by atoms with Crippen LogP contribution in [0.3, 0.4) is 0 Å². The lowest BCUT2D eigenvalue weighted by Gasteiger charge is -2.26. The number of carbonyl (C=O) groups excluding carboxylic acids is 2. The van der Waals surface area contributed by atoms with Crippen LogP contribution >= 0.6 is 0 Å². The predicted molar refractivity (Wildman–Crippen MR) is 110 cm³/mol. The number of nitrogens with zero attached hydrogens (tertiary/aromatic N) is 2. The highest BCUT2D eigenvalue weighted by Gasteiger charge is 2.44. The Hall–Kier alpha value is -3.98. The molecule has 0 saturated carbocycles. The summed E-state index contributed by atoms with van der Waals surface area (Å²) >= 11 is 0. The van der Waals surface area contributed by atoms with Crippen LogP contribution in [0.2, 0.25) is 0 Å². The molecular weight excluding hydrogens is 404 g/mol. The summed E-state index contributed by atoms with van der Waals surface area (Å²) in [6.07, 6.45) is 0. The fraction of sp³-hybridized carbons (Fsp3) is 0.182. The van der Waals surface area contributed by atoms with Crippen LogP contribution in [0.1, 0.15) is 22.2 Å². The minimum Gasteiger partial charge on any atom is -0.503 e. The molecular formula is C22H18N2O7. The van der Waals surface area contributed by atoms with Gasteiger partial charge in [0.05, 0.1) is 23.1 Å². The van der Waals surface area contributed by atoms with Gasteiger partial charge in [0, 0.05) is 31.2 Å². The van der Waals surface area contributed by atoms with Crippen LogP contribution in [0.15, 0.2) is 70.3 Å². The fourth-order valence-corrected chi connectivity index (χ4v) is 3.66. The third-order valence-electron chi connectivity index (χ3n) is 5.15. The number of hydrogen-bond donors (Lipinski definition) is 1. The Balaban J connectivity index is 1.79. The van der Waals surface area contributed by atoms with Crippen LogP contribution in [-0.4, -0.2) is 46.9 Å². The second-order valence-corrected chi connectivity index (χ2v) is 6.98. The molecule has 0 bridgehead atoms. The largest absolute Gasteiger partial charge is 0.503 e. The topological polar surface area (TPSA) is 123 Å². The Kier molecular flexibility index (Phi) is 5.26. The van der Waals surface area contributed by atoms with Crippen molar-refractivity contribution < 1.29 is 28.8 Å². The number of fused-ring (bicyclic) bond motifs is 1. The number of amides is 1. The summed E-state index contributed by atoms with van der Waals surface area (Å²) in [6, 6.07) is 13.1. The van der Waals surface area contributed by atoms with Crippen molar-refractivity contribution in [2.45, 2.75) is 6.04 Å². The number of hydrogen-bond acceptors (Lipinski definition) is 7. The van der Waals surface area contributed by atoms with E-state index in [0.717, 1.165) is 0 Å². The molecule has 3 aromatic rings. The zero-order chi connectivity index (χ0) is 22.1. The number of aliphatic hydroxyl groups excluding tert-OH is 1. The van der Waals surface area contributed by atoms with Gasteiger partial charge >= 0.3 is 0 Å². The molecule has 1 aromatic heterocycles. The first-order valence-electron chi connectivity index (χ1n) is 9.43. The highest BCUT2D eigenvalue weighted by Crippen LogP contribution is 2.39. The van der Waals surface area contributed by atoms with Gasteiger partial charge in [0.1, 0.15) is 5.58 Å². The van der Waals surface area contributed by atoms with Crippen LogP contribution in [0.4, 0.5) is 5.69 Å². The molecule has 1 atom stereocenters. The van der Waals surface area contributed by atoms with Crippen molar-refractivity contribution in [3.8, 4) is 0 Å². The van der Waals surface area contributed by atoms with Crippen molar-refractivity contribution in [3.05, 3.63) is 87.4 Å². The molecule has 1 N–H and O–H groups in total. The molecule has 1 amide bonds. The first kappa shape index (κ1) is 20.3. The highest BCUT2D eigenvalue weighted by atomic mass is 16.6. The molecule has 0 spiro atoms. The van der Waals surface area contributed by atoms with Gasteiger partial charge in [0.25, 0.3) is 11.6 Å². The van der Waals surface area contributed by atoms with Gasteiger partial charge in [-0.2, -0.15) is 0 Å². The molecule has 0 aliphatic carbocycles. The van der Waals surface area contributed by atoms with E-state index in [1.165, 1.54) is 36.3 Å². The minimum absolute atomic E-state index is 0.0175. The molecule has 9 nitrogen and oxygen atoms in total. The molecule has 4 rings (SSSR count). The van der Waals surface area contributed by atoms with Crippen LogP contribution in [-0.2, 0) is 9.53 Å². The summed E-state index contributed by atoms with van der Waals surface area (Å²) in [5.74, 6) is -2.05. The van der Waals surface area contributed by atoms with Gasteiger partial charge in [-0.05, 0) is 29.8 Å². The third kappa shape index (κ3) is 3.55. The number of furan rings is 1. The van der Waals surface area contributed by atoms with Gasteiger partial charge in [-0.1, -0.05) is 18.2 Å². The SMILES string of the molecule is COCCN1C(=O)C(O)=C(C(=O)c2cc3ccccc3o2)C1c1ccc([N+](=O)[O-])cc1. The van der Waals surface area contributed by atoms with Gasteiger partial charge in [-0.15, -0.1) is 0 Å². The lowest BCUT2D eigenvalue weighted by molar-refractivity contribution is -0.384. The van der Waals surface area contributed by atoms with Crippen molar-refractivity contribution in [2.75, 3.05) is 20.3 Å². The summed E-state index contributed by atoms with van der Waals surface area (Å²) in [4.78, 5) is 37.8. The number of ether oxygens (including phenoxy) is 1. The van der Waals surface area contributed by atoms with E-state index in [1.54, 1.807) is 30.3 Å². The van der Waals surface area contributed by atoms with E-state index >= 15 is 0 Å². The van der Waals surface area contributed by atoms with Crippen LogP contribution in [0.5, 0.6) is 0 Å². The monoisotopic (exact) mass is 422 g/mol. The number of carbonyl (C=O) groups is 2. The molecule has 2 aromatic carbocycles. The summed E-state index contributed by atoms with van der Waals surface area (Å²) in [5.41, 5.74) is 0.667. The second kappa shape index (κ2) is 8.04. The molecule has 1 aliphatic heterocycles. The zero-order valence-corrected chi connectivity index (χ0v) is 16.5. The van der Waals surface area contributed by atoms with E-state index < -0.39 is 28.4 Å². The normalized spacial score (nSPS) is 16.4. The Morgan fingerprint density at radius 1 is 1.23 bits per heavy atom. The zero-order valence-electron chi connectivity index (χ0n) is 16.5. The molecule has 0 radical (unpaired) electrons. The maximum Gasteiger partial charge on any atom is 0.290 e. The van der Waals surface area contributed by atoms with Crippen molar-refractivity contribution in [1.29, 1.82) is 0 Å². The molecule has 158 valence electrons. The van der Waals surface area contributed by atoms with Crippen molar-refractivity contribution in [3.63, 3.8) is 0 Å². The number of Topliss-reactive ketones (excluding diaryl/α,β-unsaturated/α-hetero) is 1. The quantitative estimate of drug-likeness (QED) is 0.351. The van der Waals surface area contributed by atoms with E-state index in [2.05, 4.69) is 0 Å². The highest BCUT2D eigenvalue weighted by molar-refractivity contribution is 6.16. The van der Waals surface area contributed by atoms with E-state index in [1.807, 2.05) is 0 Å². The Bertz CT molecular complexity index is 1180. The van der Waals surface area contributed by atoms with E-state index in [0.29, 0.717) is 16.5 Å². The minimum atomic E-state index is -0.941. The standard InChI is InChI=1S/C22H18N2O7/c1-30-11-10-23-19(13-6-8-15(9-7-13)24(28)29)18(21(26)22(23)27)20(25)17-12-14-4-2-3-5-16(14)31-17/h2-9,12,19,26H,10-11H2,1H3. The third-order valence-corrected chi connectivity index (χ3v) is 5.15. The number of rotatable bonds is 7. The predicted octanol–water partition coefficient (Wildman–Crippen LogP) is 3.57. The number of nitro groups is 1. The van der Waals surface area contributed by atoms with Crippen LogP contribution < -0.4 is 0 Å². The van der Waals surface area contributed by atoms with Gasteiger partial charge in [0.15, 0.2) is 11.5 Å². The molecule has 31 heavy (non-hydrogen) atoms. The van der Waals surface area contributed by atoms with Crippen molar-refractivity contribution in [1.82, 2.24) is 4.90 Å². The summed E-state index contributed by atoms with van der Waals surface area (Å²) < 4.78 is 10.7. The number of ketones is 1. The van der Waals surface area contributed by atoms with E-state index in [9.17, 15) is 24.8 Å². The maximum absolute atomic E-state index is 13.3. The smallest absolute Gasteiger partial charge is 0.290 e. The van der Waals surface area contributed by atoms with Crippen LogP contribution in [0, 0.1) is 10.1 Å². The first-order chi connectivity index (χ1) is 14.9. The number of aliphatic hydroxyl groups is 1. The number of para-hydroxylation sites is 1. The van der Waals surface area contributed by atoms with Gasteiger partial charge in [-0.3, -0.25) is 19.7 Å². The van der Waals surface area contributed by atoms with E-state index in [4.69, 9.17) is 9.15 Å². The lowest BCUT2D eigenvalue weighted by atomic mass is 9.95. The lowest BCUT2D eigenvalue weighted by Crippen LogP contribution is -2.34. The Morgan fingerprint density at radius 2 is 1.94 bits per heavy atom. The van der Waals surface area contributed by atoms with Gasteiger partial charge in [0.2, 0.25) is 5.78 Å². The second-order valence-electron chi connectivity index (χ2n) is 6.98. The number of nitro benzene ring substituents is 1. The Labute approximate surface area is 176 Å².